The largest absolute Gasteiger partial charge is 0.137 e. The molecule has 0 spiro atoms. The molecule has 1 rings (SSSR count). The van der Waals surface area contributed by atoms with Crippen molar-refractivity contribution in [1.29, 1.82) is 0 Å². The van der Waals surface area contributed by atoms with Crippen LogP contribution < -0.4 is 0 Å². The number of rotatable bonds is 0. The highest BCUT2D eigenvalue weighted by molar-refractivity contribution is 6.21. The van der Waals surface area contributed by atoms with Crippen molar-refractivity contribution in [3.8, 4) is 0 Å². The number of hydrogen-bond donors (Lipinski definition) is 0. The van der Waals surface area contributed by atoms with Gasteiger partial charge in [0.15, 0.2) is 0 Å². The monoisotopic (exact) mass is 104 g/mol. The molecular weight excluding hydrogens is 94.9 g/mol. The van der Waals surface area contributed by atoms with Gasteiger partial charge in [-0.1, -0.05) is 5.47 Å². The van der Waals surface area contributed by atoms with Gasteiger partial charge in [-0.05, 0) is 31.8 Å². The van der Waals surface area contributed by atoms with Crippen LogP contribution in [-0.2, 0) is 0 Å². The van der Waals surface area contributed by atoms with Crippen LogP contribution in [0.5, 0.6) is 0 Å². The highest BCUT2D eigenvalue weighted by Gasteiger charge is 1.91. The zero-order valence-electron chi connectivity index (χ0n) is 4.98. The van der Waals surface area contributed by atoms with E-state index in [2.05, 4.69) is 5.73 Å². The molecule has 2 radical (unpaired) electrons. The van der Waals surface area contributed by atoms with Gasteiger partial charge in [0.1, 0.15) is 7.85 Å². The molecule has 0 fully saturated rings. The highest BCUT2D eigenvalue weighted by atomic mass is 13.9. The first-order valence-corrected chi connectivity index (χ1v) is 3.09. The van der Waals surface area contributed by atoms with Crippen molar-refractivity contribution in [2.45, 2.75) is 25.7 Å². The van der Waals surface area contributed by atoms with Crippen LogP contribution in [0.2, 0.25) is 0 Å². The zero-order valence-corrected chi connectivity index (χ0v) is 4.98. The standard InChI is InChI=1S/C7H9B/c8-7-5-3-1-2-4-6-7/h3H,1-2,4,6H2. The fourth-order valence-corrected chi connectivity index (χ4v) is 0.837. The van der Waals surface area contributed by atoms with E-state index in [1.165, 1.54) is 12.8 Å². The van der Waals surface area contributed by atoms with E-state index >= 15 is 0 Å². The van der Waals surface area contributed by atoms with Crippen LogP contribution >= 0.6 is 0 Å². The summed E-state index contributed by atoms with van der Waals surface area (Å²) < 4.78 is 0. The summed E-state index contributed by atoms with van der Waals surface area (Å²) in [6, 6.07) is 0. The predicted molar refractivity (Wildman–Crippen MR) is 35.8 cm³/mol. The normalized spacial score (nSPS) is 19.8. The molecule has 0 aromatic rings. The predicted octanol–water partition coefficient (Wildman–Crippen LogP) is 1.77. The van der Waals surface area contributed by atoms with E-state index in [-0.39, 0.29) is 0 Å². The van der Waals surface area contributed by atoms with E-state index in [4.69, 9.17) is 7.85 Å². The quantitative estimate of drug-likeness (QED) is 0.324. The first-order valence-electron chi connectivity index (χ1n) is 3.09. The Labute approximate surface area is 51.7 Å². The van der Waals surface area contributed by atoms with Gasteiger partial charge in [0.05, 0.1) is 0 Å². The summed E-state index contributed by atoms with van der Waals surface area (Å²) in [6.07, 6.45) is 6.72. The van der Waals surface area contributed by atoms with E-state index < -0.39 is 0 Å². The lowest BCUT2D eigenvalue weighted by atomic mass is 9.93. The maximum Gasteiger partial charge on any atom is 0.119 e. The summed E-state index contributed by atoms with van der Waals surface area (Å²) in [6.45, 7) is 0. The summed E-state index contributed by atoms with van der Waals surface area (Å²) in [7, 11) is 5.51. The lowest BCUT2D eigenvalue weighted by Gasteiger charge is -1.91. The Hall–Kier alpha value is -0.415. The smallest absolute Gasteiger partial charge is 0.119 e. The minimum absolute atomic E-state index is 0.919. The molecule has 0 saturated carbocycles. The lowest BCUT2D eigenvalue weighted by Crippen LogP contribution is -1.76. The molecule has 0 nitrogen and oxygen atoms in total. The molecule has 0 amide bonds. The molecule has 8 heavy (non-hydrogen) atoms. The third-order valence-electron chi connectivity index (χ3n) is 1.33. The van der Waals surface area contributed by atoms with Crippen LogP contribution in [0.1, 0.15) is 25.7 Å². The summed E-state index contributed by atoms with van der Waals surface area (Å²) in [5, 5.41) is 0. The molecule has 0 atom stereocenters. The van der Waals surface area contributed by atoms with Crippen molar-refractivity contribution in [1.82, 2.24) is 0 Å². The molecule has 1 heteroatoms. The van der Waals surface area contributed by atoms with Crippen LogP contribution in [0.25, 0.3) is 0 Å². The molecule has 0 heterocycles. The van der Waals surface area contributed by atoms with Crippen molar-refractivity contribution < 1.29 is 0 Å². The second-order valence-electron chi connectivity index (χ2n) is 2.12. The zero-order chi connectivity index (χ0) is 5.82. The van der Waals surface area contributed by atoms with Gasteiger partial charge in [-0.15, -0.1) is 5.73 Å². The Morgan fingerprint density at radius 1 is 1.50 bits per heavy atom. The first kappa shape index (κ1) is 5.72. The van der Waals surface area contributed by atoms with Crippen LogP contribution in [0.3, 0.4) is 0 Å². The minimum Gasteiger partial charge on any atom is -0.137 e. The fraction of sp³-hybridized carbons (Fsp3) is 0.571. The average Bonchev–Trinajstić information content (AvgIpc) is 1.94. The molecule has 1 aliphatic rings. The van der Waals surface area contributed by atoms with E-state index in [0.29, 0.717) is 0 Å². The maximum absolute atomic E-state index is 5.51. The van der Waals surface area contributed by atoms with Gasteiger partial charge < -0.3 is 0 Å². The number of allylic oxidation sites excluding steroid dienone is 1. The van der Waals surface area contributed by atoms with Gasteiger partial charge >= 0.3 is 0 Å². The van der Waals surface area contributed by atoms with Crippen molar-refractivity contribution in [2.24, 2.45) is 0 Å². The Bertz CT molecular complexity index is 129. The first-order chi connectivity index (χ1) is 3.89. The van der Waals surface area contributed by atoms with Crippen LogP contribution in [0, 0.1) is 0 Å². The Morgan fingerprint density at radius 2 is 2.38 bits per heavy atom. The summed E-state index contributed by atoms with van der Waals surface area (Å²) in [5.41, 5.74) is 3.93. The molecule has 0 bridgehead atoms. The molecule has 0 saturated heterocycles. The summed E-state index contributed by atoms with van der Waals surface area (Å²) in [4.78, 5) is 0. The van der Waals surface area contributed by atoms with Crippen molar-refractivity contribution in [3.05, 3.63) is 17.3 Å². The second-order valence-corrected chi connectivity index (χ2v) is 2.12. The Balaban J connectivity index is 2.56. The Kier molecular flexibility index (Phi) is 1.99. The van der Waals surface area contributed by atoms with Crippen LogP contribution in [0.4, 0.5) is 0 Å². The van der Waals surface area contributed by atoms with Gasteiger partial charge in [-0.2, -0.15) is 0 Å². The summed E-state index contributed by atoms with van der Waals surface area (Å²) >= 11 is 0. The fourth-order valence-electron chi connectivity index (χ4n) is 0.837. The van der Waals surface area contributed by atoms with Crippen molar-refractivity contribution in [2.75, 3.05) is 0 Å². The molecular formula is C7H9B. The molecule has 40 valence electrons. The van der Waals surface area contributed by atoms with E-state index in [9.17, 15) is 0 Å². The van der Waals surface area contributed by atoms with E-state index in [1.807, 2.05) is 6.08 Å². The average molecular weight is 104 g/mol. The Morgan fingerprint density at radius 3 is 3.25 bits per heavy atom. The van der Waals surface area contributed by atoms with Gasteiger partial charge in [0.25, 0.3) is 0 Å². The molecule has 1 aliphatic carbocycles. The lowest BCUT2D eigenvalue weighted by molar-refractivity contribution is 0.767. The van der Waals surface area contributed by atoms with Gasteiger partial charge in [0.2, 0.25) is 0 Å². The molecule has 0 aliphatic heterocycles. The maximum atomic E-state index is 5.51. The highest BCUT2D eigenvalue weighted by Crippen LogP contribution is 2.08. The molecule has 0 aromatic carbocycles. The third-order valence-corrected chi connectivity index (χ3v) is 1.33. The molecule has 0 aromatic heterocycles. The topological polar surface area (TPSA) is 0 Å². The third kappa shape index (κ3) is 1.59. The van der Waals surface area contributed by atoms with Gasteiger partial charge in [-0.3, -0.25) is 0 Å². The SMILES string of the molecule is [B]C1=C=CCCCC1. The van der Waals surface area contributed by atoms with Crippen LogP contribution in [0.15, 0.2) is 17.3 Å². The molecule has 0 N–H and O–H groups in total. The van der Waals surface area contributed by atoms with E-state index in [0.717, 1.165) is 18.3 Å². The van der Waals surface area contributed by atoms with Crippen LogP contribution in [-0.4, -0.2) is 7.85 Å². The summed E-state index contributed by atoms with van der Waals surface area (Å²) in [5.74, 6) is 0. The second kappa shape index (κ2) is 2.79. The minimum atomic E-state index is 0.919. The number of hydrogen-bond acceptors (Lipinski definition) is 0. The molecule has 0 unspecified atom stereocenters. The van der Waals surface area contributed by atoms with Gasteiger partial charge in [-0.25, -0.2) is 0 Å². The van der Waals surface area contributed by atoms with Crippen molar-refractivity contribution >= 4 is 7.85 Å². The van der Waals surface area contributed by atoms with Crippen molar-refractivity contribution in [3.63, 3.8) is 0 Å². The van der Waals surface area contributed by atoms with E-state index in [1.54, 1.807) is 0 Å². The van der Waals surface area contributed by atoms with Gasteiger partial charge in [0, 0.05) is 0 Å².